The van der Waals surface area contributed by atoms with Gasteiger partial charge in [-0.05, 0) is 0 Å². The second-order valence-corrected chi connectivity index (χ2v) is 4.28. The first-order valence-corrected chi connectivity index (χ1v) is 5.64. The van der Waals surface area contributed by atoms with Crippen LogP contribution < -0.4 is 0 Å². The van der Waals surface area contributed by atoms with Gasteiger partial charge in [0.15, 0.2) is 0 Å². The van der Waals surface area contributed by atoms with Crippen molar-refractivity contribution in [3.8, 4) is 0 Å². The second kappa shape index (κ2) is 5.11. The van der Waals surface area contributed by atoms with E-state index in [-0.39, 0.29) is 23.0 Å². The Morgan fingerprint density at radius 3 is 1.50 bits per heavy atom. The van der Waals surface area contributed by atoms with Gasteiger partial charge in [0.1, 0.15) is 0 Å². The minimum absolute atomic E-state index is 0.0602. The molecule has 0 unspecified atom stereocenters. The topological polar surface area (TPSA) is 74.8 Å². The molecule has 0 saturated carbocycles. The maximum absolute atomic E-state index is 10.5. The van der Waals surface area contributed by atoms with Gasteiger partial charge in [-0.3, -0.25) is 29.0 Å². The van der Waals surface area contributed by atoms with Crippen LogP contribution in [0.25, 0.3) is 0 Å². The van der Waals surface area contributed by atoms with Gasteiger partial charge in [0.05, 0.1) is 5.75 Å². The van der Waals surface area contributed by atoms with Gasteiger partial charge < -0.3 is 0 Å². The molecule has 0 aromatic carbocycles. The van der Waals surface area contributed by atoms with E-state index in [9.17, 15) is 19.2 Å². The largest absolute Gasteiger partial charge is 0.288 e. The van der Waals surface area contributed by atoms with Crippen molar-refractivity contribution in [2.75, 3.05) is 19.8 Å². The quantitative estimate of drug-likeness (QED) is 0.564. The molecule has 0 N–H and O–H groups in total. The van der Waals surface area contributed by atoms with Gasteiger partial charge >= 0.3 is 0 Å². The molecule has 16 heavy (non-hydrogen) atoms. The monoisotopic (exact) mass is 244 g/mol. The van der Waals surface area contributed by atoms with E-state index in [4.69, 9.17) is 0 Å². The summed E-state index contributed by atoms with van der Waals surface area (Å²) in [5, 5.41) is -0.144. The first-order chi connectivity index (χ1) is 7.43. The highest BCUT2D eigenvalue weighted by Crippen LogP contribution is 2.15. The van der Waals surface area contributed by atoms with Crippen LogP contribution in [0.4, 0.5) is 4.79 Å². The lowest BCUT2D eigenvalue weighted by Crippen LogP contribution is -2.23. The third-order valence-corrected chi connectivity index (χ3v) is 3.18. The molecule has 4 amide bonds. The zero-order chi connectivity index (χ0) is 12.3. The third-order valence-electron chi connectivity index (χ3n) is 2.27. The molecule has 0 aliphatic carbocycles. The van der Waals surface area contributed by atoms with Gasteiger partial charge in [-0.1, -0.05) is 11.8 Å². The first kappa shape index (κ1) is 12.7. The molecule has 88 valence electrons. The van der Waals surface area contributed by atoms with E-state index in [1.54, 1.807) is 0 Å². The number of carbonyl (C=O) groups excluding carboxylic acids is 4. The Bertz CT molecular complexity index is 289. The van der Waals surface area contributed by atoms with Crippen LogP contribution in [0.3, 0.4) is 0 Å². The Labute approximate surface area is 96.9 Å². The summed E-state index contributed by atoms with van der Waals surface area (Å²) in [5.41, 5.74) is 0. The summed E-state index contributed by atoms with van der Waals surface area (Å²) in [6.45, 7) is 0. The van der Waals surface area contributed by atoms with Crippen molar-refractivity contribution < 1.29 is 19.2 Å². The smallest absolute Gasteiger partial charge is 0.286 e. The Balaban J connectivity index is 0.000000160. The van der Waals surface area contributed by atoms with Crippen LogP contribution >= 0.6 is 11.8 Å². The van der Waals surface area contributed by atoms with Crippen LogP contribution in [-0.4, -0.2) is 52.6 Å². The predicted molar refractivity (Wildman–Crippen MR) is 57.6 cm³/mol. The van der Waals surface area contributed by atoms with Crippen LogP contribution in [0, 0.1) is 0 Å². The number of amides is 4. The molecule has 2 aliphatic rings. The van der Waals surface area contributed by atoms with E-state index in [1.165, 1.54) is 19.0 Å². The molecule has 2 rings (SSSR count). The molecule has 2 fully saturated rings. The zero-order valence-electron chi connectivity index (χ0n) is 9.06. The lowest BCUT2D eigenvalue weighted by molar-refractivity contribution is -0.136. The van der Waals surface area contributed by atoms with Gasteiger partial charge in [-0.2, -0.15) is 0 Å². The van der Waals surface area contributed by atoms with Crippen molar-refractivity contribution in [3.05, 3.63) is 0 Å². The number of thioether (sulfide) groups is 1. The molecule has 6 nitrogen and oxygen atoms in total. The minimum atomic E-state index is -0.144. The fraction of sp³-hybridized carbons (Fsp3) is 0.556. The van der Waals surface area contributed by atoms with Gasteiger partial charge in [0, 0.05) is 26.9 Å². The van der Waals surface area contributed by atoms with E-state index in [0.717, 1.165) is 16.7 Å². The fourth-order valence-electron chi connectivity index (χ4n) is 1.11. The summed E-state index contributed by atoms with van der Waals surface area (Å²) in [7, 11) is 3.00. The van der Waals surface area contributed by atoms with Crippen LogP contribution in [0.1, 0.15) is 12.8 Å². The van der Waals surface area contributed by atoms with Crippen molar-refractivity contribution in [1.29, 1.82) is 0 Å². The molecule has 0 spiro atoms. The molecule has 7 heteroatoms. The molecular weight excluding hydrogens is 232 g/mol. The van der Waals surface area contributed by atoms with Crippen molar-refractivity contribution in [1.82, 2.24) is 9.80 Å². The Morgan fingerprint density at radius 1 is 0.875 bits per heavy atom. The highest BCUT2D eigenvalue weighted by molar-refractivity contribution is 8.14. The van der Waals surface area contributed by atoms with E-state index < -0.39 is 0 Å². The minimum Gasteiger partial charge on any atom is -0.286 e. The molecule has 0 atom stereocenters. The van der Waals surface area contributed by atoms with E-state index in [2.05, 4.69) is 0 Å². The Hall–Kier alpha value is -1.37. The molecule has 2 heterocycles. The highest BCUT2D eigenvalue weighted by Gasteiger charge is 2.25. The van der Waals surface area contributed by atoms with Crippen LogP contribution in [0.5, 0.6) is 0 Å². The highest BCUT2D eigenvalue weighted by atomic mass is 32.2. The Morgan fingerprint density at radius 2 is 1.38 bits per heavy atom. The third kappa shape index (κ3) is 2.82. The van der Waals surface area contributed by atoms with E-state index in [0.29, 0.717) is 18.6 Å². The maximum atomic E-state index is 10.5. The normalized spacial score (nSPS) is 20.4. The fourth-order valence-corrected chi connectivity index (χ4v) is 1.84. The van der Waals surface area contributed by atoms with Gasteiger partial charge in [-0.15, -0.1) is 0 Å². The van der Waals surface area contributed by atoms with Gasteiger partial charge in [-0.25, -0.2) is 0 Å². The molecule has 2 saturated heterocycles. The lowest BCUT2D eigenvalue weighted by atomic mass is 10.4. The second-order valence-electron chi connectivity index (χ2n) is 3.35. The summed E-state index contributed by atoms with van der Waals surface area (Å²) in [4.78, 5) is 44.2. The lowest BCUT2D eigenvalue weighted by Gasteiger charge is -2.01. The average Bonchev–Trinajstić information content (AvgIpc) is 2.70. The van der Waals surface area contributed by atoms with Crippen molar-refractivity contribution in [2.45, 2.75) is 12.8 Å². The van der Waals surface area contributed by atoms with Crippen molar-refractivity contribution >= 4 is 34.7 Å². The molecule has 0 aromatic heterocycles. The standard InChI is InChI=1S/C5H7NO2.C4H5NO2S/c1-6-4(7)2-3-5(6)8;1-5-3(6)2-8-4(5)7/h2-3H2,1H3;2H2,1H3. The predicted octanol–water partition coefficient (Wildman–Crippen LogP) is 0.0768. The number of hydrogen-bond acceptors (Lipinski definition) is 5. The Kier molecular flexibility index (Phi) is 4.05. The van der Waals surface area contributed by atoms with Crippen molar-refractivity contribution in [2.24, 2.45) is 0 Å². The number of hydrogen-bond donors (Lipinski definition) is 0. The molecule has 2 aliphatic heterocycles. The average molecular weight is 244 g/mol. The first-order valence-electron chi connectivity index (χ1n) is 4.66. The summed E-state index contributed by atoms with van der Waals surface area (Å²) >= 11 is 1.05. The molecule has 0 aromatic rings. The summed E-state index contributed by atoms with van der Waals surface area (Å²) in [6.07, 6.45) is 0.796. The van der Waals surface area contributed by atoms with Crippen molar-refractivity contribution in [3.63, 3.8) is 0 Å². The number of rotatable bonds is 0. The number of imide groups is 2. The molecular formula is C9H12N2O4S. The van der Waals surface area contributed by atoms with Gasteiger partial charge in [0.25, 0.3) is 5.24 Å². The molecule has 0 radical (unpaired) electrons. The van der Waals surface area contributed by atoms with E-state index in [1.807, 2.05) is 0 Å². The summed E-state index contributed by atoms with van der Waals surface area (Å²) in [6, 6.07) is 0. The SMILES string of the molecule is CN1C(=O)CCC1=O.CN1C(=O)CSC1=O. The number of nitrogens with zero attached hydrogens (tertiary/aromatic N) is 2. The van der Waals surface area contributed by atoms with Crippen LogP contribution in [0.2, 0.25) is 0 Å². The molecule has 0 bridgehead atoms. The van der Waals surface area contributed by atoms with Crippen LogP contribution in [-0.2, 0) is 14.4 Å². The number of likely N-dealkylation sites (tertiary alicyclic amines) is 1. The van der Waals surface area contributed by atoms with E-state index >= 15 is 0 Å². The zero-order valence-corrected chi connectivity index (χ0v) is 9.87. The summed E-state index contributed by atoms with van der Waals surface area (Å²) in [5.74, 6) is 0.0972. The van der Waals surface area contributed by atoms with Gasteiger partial charge in [0.2, 0.25) is 17.7 Å². The maximum Gasteiger partial charge on any atom is 0.288 e. The summed E-state index contributed by atoms with van der Waals surface area (Å²) < 4.78 is 0. The van der Waals surface area contributed by atoms with Crippen LogP contribution in [0.15, 0.2) is 0 Å². The number of carbonyl (C=O) groups is 4.